The van der Waals surface area contributed by atoms with Crippen molar-refractivity contribution in [3.8, 4) is 0 Å². The summed E-state index contributed by atoms with van der Waals surface area (Å²) in [5.74, 6) is 0.186. The molecule has 0 atom stereocenters. The summed E-state index contributed by atoms with van der Waals surface area (Å²) in [7, 11) is 0. The van der Waals surface area contributed by atoms with Gasteiger partial charge in [0.05, 0.1) is 10.8 Å². The summed E-state index contributed by atoms with van der Waals surface area (Å²) in [4.78, 5) is 13.2. The Bertz CT molecular complexity index is 900. The Morgan fingerprint density at radius 2 is 1.65 bits per heavy atom. The number of amides is 1. The van der Waals surface area contributed by atoms with Crippen LogP contribution in [0.5, 0.6) is 0 Å². The van der Waals surface area contributed by atoms with Crippen molar-refractivity contribution in [1.29, 1.82) is 0 Å². The van der Waals surface area contributed by atoms with E-state index >= 15 is 0 Å². The molecule has 132 valence electrons. The topological polar surface area (TPSA) is 29.1 Å². The van der Waals surface area contributed by atoms with E-state index in [0.29, 0.717) is 10.0 Å². The predicted octanol–water partition coefficient (Wildman–Crippen LogP) is 6.32. The van der Waals surface area contributed by atoms with Crippen LogP contribution in [0.4, 0.5) is 5.69 Å². The molecule has 1 amide bonds. The summed E-state index contributed by atoms with van der Waals surface area (Å²) in [5, 5.41) is 4.20. The number of benzene rings is 3. The maximum atomic E-state index is 12.4. The minimum absolute atomic E-state index is 0.0773. The zero-order valence-electron chi connectivity index (χ0n) is 13.9. The van der Waals surface area contributed by atoms with Crippen molar-refractivity contribution in [2.24, 2.45) is 0 Å². The summed E-state index contributed by atoms with van der Waals surface area (Å²) in [5.41, 5.74) is 3.12. The monoisotopic (exact) mass is 401 g/mol. The molecule has 0 saturated heterocycles. The summed E-state index contributed by atoms with van der Waals surface area (Å²) in [6, 6.07) is 23.3. The molecule has 0 fully saturated rings. The third-order valence-corrected chi connectivity index (χ3v) is 5.51. The van der Waals surface area contributed by atoms with E-state index in [2.05, 4.69) is 17.4 Å². The smallest absolute Gasteiger partial charge is 0.234 e. The Morgan fingerprint density at radius 1 is 0.923 bits per heavy atom. The Labute approximate surface area is 167 Å². The zero-order chi connectivity index (χ0) is 18.4. The lowest BCUT2D eigenvalue weighted by Crippen LogP contribution is -2.15. The van der Waals surface area contributed by atoms with E-state index in [-0.39, 0.29) is 11.7 Å². The van der Waals surface area contributed by atoms with Crippen LogP contribution in [0.25, 0.3) is 0 Å². The number of rotatable bonds is 6. The molecule has 0 spiro atoms. The number of para-hydroxylation sites is 1. The molecule has 0 saturated carbocycles. The fraction of sp³-hybridized carbons (Fsp3) is 0.0952. The second-order valence-electron chi connectivity index (χ2n) is 5.73. The highest BCUT2D eigenvalue weighted by Gasteiger charge is 2.10. The van der Waals surface area contributed by atoms with Crippen molar-refractivity contribution in [3.05, 3.63) is 94.0 Å². The van der Waals surface area contributed by atoms with Crippen molar-refractivity contribution < 1.29 is 4.79 Å². The minimum atomic E-state index is -0.0773. The van der Waals surface area contributed by atoms with Crippen LogP contribution in [0, 0.1) is 0 Å². The number of anilines is 1. The van der Waals surface area contributed by atoms with Gasteiger partial charge in [-0.15, -0.1) is 11.8 Å². The first-order valence-electron chi connectivity index (χ1n) is 8.11. The number of nitrogens with one attached hydrogen (secondary N) is 1. The van der Waals surface area contributed by atoms with Gasteiger partial charge in [-0.3, -0.25) is 4.79 Å². The lowest BCUT2D eigenvalue weighted by Gasteiger charge is -2.11. The second kappa shape index (κ2) is 9.13. The van der Waals surface area contributed by atoms with E-state index in [4.69, 9.17) is 23.2 Å². The van der Waals surface area contributed by atoms with E-state index in [0.717, 1.165) is 22.6 Å². The van der Waals surface area contributed by atoms with Gasteiger partial charge >= 0.3 is 0 Å². The number of thioether (sulfide) groups is 1. The van der Waals surface area contributed by atoms with Gasteiger partial charge in [0.25, 0.3) is 0 Å². The average Bonchev–Trinajstić information content (AvgIpc) is 2.65. The highest BCUT2D eigenvalue weighted by Crippen LogP contribution is 2.30. The normalized spacial score (nSPS) is 10.5. The molecular weight excluding hydrogens is 385 g/mol. The summed E-state index contributed by atoms with van der Waals surface area (Å²) in [6.07, 6.45) is 0.768. The van der Waals surface area contributed by atoms with Crippen molar-refractivity contribution >= 4 is 46.6 Å². The molecule has 0 bridgehead atoms. The van der Waals surface area contributed by atoms with Gasteiger partial charge < -0.3 is 5.32 Å². The highest BCUT2D eigenvalue weighted by molar-refractivity contribution is 8.00. The standard InChI is InChI=1S/C21H17Cl2NOS/c22-17-10-11-18(23)20(13-17)26-14-21(25)24-19-9-5-4-8-16(19)12-15-6-2-1-3-7-15/h1-11,13H,12,14H2,(H,24,25). The van der Waals surface area contributed by atoms with Crippen molar-refractivity contribution in [2.45, 2.75) is 11.3 Å². The molecule has 0 aliphatic heterocycles. The van der Waals surface area contributed by atoms with Gasteiger partial charge in [0.1, 0.15) is 0 Å². The van der Waals surface area contributed by atoms with E-state index in [1.165, 1.54) is 17.3 Å². The molecule has 2 nitrogen and oxygen atoms in total. The molecule has 3 rings (SSSR count). The lowest BCUT2D eigenvalue weighted by molar-refractivity contribution is -0.113. The molecular formula is C21H17Cl2NOS. The van der Waals surface area contributed by atoms with Gasteiger partial charge in [0.2, 0.25) is 5.91 Å². The second-order valence-corrected chi connectivity index (χ2v) is 7.59. The zero-order valence-corrected chi connectivity index (χ0v) is 16.2. The molecule has 0 heterocycles. The van der Waals surface area contributed by atoms with Crippen LogP contribution >= 0.6 is 35.0 Å². The SMILES string of the molecule is O=C(CSc1cc(Cl)ccc1Cl)Nc1ccccc1Cc1ccccc1. The molecule has 1 N–H and O–H groups in total. The molecule has 0 aliphatic carbocycles. The Morgan fingerprint density at radius 3 is 2.46 bits per heavy atom. The van der Waals surface area contributed by atoms with Crippen LogP contribution in [0.3, 0.4) is 0 Å². The van der Waals surface area contributed by atoms with Crippen LogP contribution in [-0.2, 0) is 11.2 Å². The largest absolute Gasteiger partial charge is 0.325 e. The fourth-order valence-electron chi connectivity index (χ4n) is 2.53. The van der Waals surface area contributed by atoms with Crippen molar-refractivity contribution in [1.82, 2.24) is 0 Å². The fourth-order valence-corrected chi connectivity index (χ4v) is 3.82. The molecule has 0 aliphatic rings. The third kappa shape index (κ3) is 5.28. The lowest BCUT2D eigenvalue weighted by atomic mass is 10.0. The molecule has 0 aromatic heterocycles. The predicted molar refractivity (Wildman–Crippen MR) is 112 cm³/mol. The first-order chi connectivity index (χ1) is 12.6. The maximum absolute atomic E-state index is 12.4. The number of hydrogen-bond acceptors (Lipinski definition) is 2. The summed E-state index contributed by atoms with van der Waals surface area (Å²) in [6.45, 7) is 0. The first kappa shape index (κ1) is 18.8. The Balaban J connectivity index is 1.65. The van der Waals surface area contributed by atoms with Gasteiger partial charge in [0.15, 0.2) is 0 Å². The molecule has 5 heteroatoms. The molecule has 3 aromatic carbocycles. The van der Waals surface area contributed by atoms with E-state index in [1.807, 2.05) is 42.5 Å². The van der Waals surface area contributed by atoms with Gasteiger partial charge in [-0.1, -0.05) is 71.7 Å². The van der Waals surface area contributed by atoms with Crippen LogP contribution < -0.4 is 5.32 Å². The number of hydrogen-bond donors (Lipinski definition) is 1. The average molecular weight is 402 g/mol. The summed E-state index contributed by atoms with van der Waals surface area (Å²) < 4.78 is 0. The maximum Gasteiger partial charge on any atom is 0.234 e. The minimum Gasteiger partial charge on any atom is -0.325 e. The van der Waals surface area contributed by atoms with Crippen LogP contribution in [0.15, 0.2) is 77.7 Å². The van der Waals surface area contributed by atoms with Gasteiger partial charge in [0, 0.05) is 15.6 Å². The quantitative estimate of drug-likeness (QED) is 0.489. The van der Waals surface area contributed by atoms with Crippen molar-refractivity contribution in [2.75, 3.05) is 11.1 Å². The highest BCUT2D eigenvalue weighted by atomic mass is 35.5. The molecule has 0 radical (unpaired) electrons. The van der Waals surface area contributed by atoms with Gasteiger partial charge in [-0.25, -0.2) is 0 Å². The van der Waals surface area contributed by atoms with Gasteiger partial charge in [-0.2, -0.15) is 0 Å². The van der Waals surface area contributed by atoms with E-state index in [9.17, 15) is 4.79 Å². The Kier molecular flexibility index (Phi) is 6.62. The molecule has 0 unspecified atom stereocenters. The number of halogens is 2. The summed E-state index contributed by atoms with van der Waals surface area (Å²) >= 11 is 13.5. The molecule has 3 aromatic rings. The van der Waals surface area contributed by atoms with Gasteiger partial charge in [-0.05, 0) is 41.8 Å². The third-order valence-electron chi connectivity index (χ3n) is 3.78. The molecule has 26 heavy (non-hydrogen) atoms. The number of carbonyl (C=O) groups is 1. The number of carbonyl (C=O) groups excluding carboxylic acids is 1. The van der Waals surface area contributed by atoms with Crippen LogP contribution in [-0.4, -0.2) is 11.7 Å². The van der Waals surface area contributed by atoms with Crippen LogP contribution in [0.1, 0.15) is 11.1 Å². The first-order valence-corrected chi connectivity index (χ1v) is 9.85. The Hall–Kier alpha value is -1.94. The van der Waals surface area contributed by atoms with Crippen molar-refractivity contribution in [3.63, 3.8) is 0 Å². The van der Waals surface area contributed by atoms with Crippen LogP contribution in [0.2, 0.25) is 10.0 Å². The van der Waals surface area contributed by atoms with E-state index in [1.54, 1.807) is 18.2 Å². The van der Waals surface area contributed by atoms with E-state index < -0.39 is 0 Å².